The van der Waals surface area contributed by atoms with Crippen LogP contribution < -0.4 is 16.0 Å². The van der Waals surface area contributed by atoms with Crippen molar-refractivity contribution in [2.45, 2.75) is 37.0 Å². The van der Waals surface area contributed by atoms with Crippen LogP contribution in [-0.2, 0) is 32.1 Å². The molecule has 0 saturated heterocycles. The van der Waals surface area contributed by atoms with Crippen LogP contribution in [0.1, 0.15) is 61.4 Å². The average molecular weight is 760 g/mol. The summed E-state index contributed by atoms with van der Waals surface area (Å²) in [6.07, 6.45) is 5.21. The molecule has 1 aliphatic heterocycles. The second-order valence-corrected chi connectivity index (χ2v) is 14.4. The number of hydrogen-bond acceptors (Lipinski definition) is 9. The number of nitrogens with zero attached hydrogens (tertiary/aromatic N) is 2. The molecule has 2 aromatic heterocycles. The Morgan fingerprint density at radius 2 is 1.70 bits per heavy atom. The molecule has 0 fully saturated rings. The van der Waals surface area contributed by atoms with Gasteiger partial charge >= 0.3 is 5.97 Å². The first-order valence-electron chi connectivity index (χ1n) is 17.2. The molecule has 3 heterocycles. The maximum atomic E-state index is 14.2. The summed E-state index contributed by atoms with van der Waals surface area (Å²) in [4.78, 5) is 73.7. The summed E-state index contributed by atoms with van der Waals surface area (Å²) in [5.41, 5.74) is 3.29. The highest BCUT2D eigenvalue weighted by Gasteiger charge is 2.32. The standard InChI is InChI=1S/C41H37N5O6S2/c1-3-52-41(51)35-32-19-21-46(26(2)47)25-34(32)54-40(35)45-39(50)36(28-13-6-4-7-14-28)53-31-18-10-17-30(23-31)43-38(49)33(22-27-12-11-20-42-24-27)44-37(48)29-15-8-5-9-16-29/h4-18,20,22-24,36H,3,19,21,25H2,1-2H3,(H,43,49)(H,44,48)(H,45,50)/b33-22-. The second kappa shape index (κ2) is 17.6. The normalized spacial score (nSPS) is 12.9. The third-order valence-corrected chi connectivity index (χ3v) is 10.8. The summed E-state index contributed by atoms with van der Waals surface area (Å²) in [6.45, 7) is 4.23. The number of thioether (sulfide) groups is 1. The first-order valence-corrected chi connectivity index (χ1v) is 18.9. The molecule has 0 bridgehead atoms. The molecule has 0 aliphatic carbocycles. The van der Waals surface area contributed by atoms with Gasteiger partial charge < -0.3 is 25.6 Å². The highest BCUT2D eigenvalue weighted by molar-refractivity contribution is 8.00. The Bertz CT molecular complexity index is 2190. The van der Waals surface area contributed by atoms with Gasteiger partial charge in [-0.1, -0.05) is 60.7 Å². The van der Waals surface area contributed by atoms with Gasteiger partial charge in [-0.25, -0.2) is 4.79 Å². The van der Waals surface area contributed by atoms with Gasteiger partial charge in [0.1, 0.15) is 15.9 Å². The lowest BCUT2D eigenvalue weighted by Crippen LogP contribution is -2.34. The van der Waals surface area contributed by atoms with Gasteiger partial charge in [0.15, 0.2) is 0 Å². The van der Waals surface area contributed by atoms with E-state index in [2.05, 4.69) is 20.9 Å². The molecule has 3 N–H and O–H groups in total. The third kappa shape index (κ3) is 9.29. The van der Waals surface area contributed by atoms with Gasteiger partial charge in [0.25, 0.3) is 11.8 Å². The predicted octanol–water partition coefficient (Wildman–Crippen LogP) is 7.11. The smallest absolute Gasteiger partial charge is 0.341 e. The van der Waals surface area contributed by atoms with Crippen LogP contribution >= 0.6 is 23.1 Å². The number of fused-ring (bicyclic) bond motifs is 1. The minimum Gasteiger partial charge on any atom is -0.462 e. The average Bonchev–Trinajstić information content (AvgIpc) is 3.55. The van der Waals surface area contributed by atoms with E-state index in [1.165, 1.54) is 30.0 Å². The van der Waals surface area contributed by atoms with Crippen LogP contribution in [0.25, 0.3) is 6.08 Å². The molecule has 6 rings (SSSR count). The molecular weight excluding hydrogens is 723 g/mol. The summed E-state index contributed by atoms with van der Waals surface area (Å²) in [5, 5.41) is 8.24. The highest BCUT2D eigenvalue weighted by Crippen LogP contribution is 2.41. The molecule has 5 aromatic rings. The molecule has 274 valence electrons. The number of aromatic nitrogens is 1. The largest absolute Gasteiger partial charge is 0.462 e. The van der Waals surface area contributed by atoms with Gasteiger partial charge in [0.05, 0.1) is 18.7 Å². The molecule has 0 spiro atoms. The fraction of sp³-hybridized carbons (Fsp3) is 0.171. The molecule has 3 aromatic carbocycles. The van der Waals surface area contributed by atoms with Crippen molar-refractivity contribution in [1.29, 1.82) is 0 Å². The summed E-state index contributed by atoms with van der Waals surface area (Å²) in [6, 6.07) is 28.4. The lowest BCUT2D eigenvalue weighted by Gasteiger charge is -2.25. The number of pyridine rings is 1. The number of esters is 1. The van der Waals surface area contributed by atoms with Crippen LogP contribution in [0.15, 0.2) is 120 Å². The summed E-state index contributed by atoms with van der Waals surface area (Å²) in [5.74, 6) is -1.95. The van der Waals surface area contributed by atoms with Gasteiger partial charge in [-0.2, -0.15) is 0 Å². The molecule has 54 heavy (non-hydrogen) atoms. The van der Waals surface area contributed by atoms with E-state index in [1.807, 2.05) is 36.4 Å². The van der Waals surface area contributed by atoms with Crippen molar-refractivity contribution in [3.05, 3.63) is 148 Å². The first-order chi connectivity index (χ1) is 26.2. The van der Waals surface area contributed by atoms with Crippen LogP contribution in [-0.4, -0.2) is 52.6 Å². The van der Waals surface area contributed by atoms with Crippen molar-refractivity contribution < 1.29 is 28.7 Å². The van der Waals surface area contributed by atoms with E-state index in [-0.39, 0.29) is 24.1 Å². The third-order valence-electron chi connectivity index (χ3n) is 8.43. The van der Waals surface area contributed by atoms with E-state index in [0.29, 0.717) is 51.8 Å². The van der Waals surface area contributed by atoms with E-state index < -0.39 is 23.0 Å². The van der Waals surface area contributed by atoms with E-state index in [0.717, 1.165) is 16.0 Å². The number of carbonyl (C=O) groups excluding carboxylic acids is 5. The second-order valence-electron chi connectivity index (χ2n) is 12.2. The van der Waals surface area contributed by atoms with Gasteiger partial charge in [-0.3, -0.25) is 24.2 Å². The summed E-state index contributed by atoms with van der Waals surface area (Å²) < 4.78 is 5.39. The molecule has 0 saturated carbocycles. The van der Waals surface area contributed by atoms with Crippen LogP contribution in [0, 0.1) is 0 Å². The quantitative estimate of drug-likeness (QED) is 0.0694. The summed E-state index contributed by atoms with van der Waals surface area (Å²) >= 11 is 2.55. The number of carbonyl (C=O) groups is 5. The number of nitrogens with one attached hydrogen (secondary N) is 3. The van der Waals surface area contributed by atoms with Crippen molar-refractivity contribution in [3.8, 4) is 0 Å². The van der Waals surface area contributed by atoms with Crippen molar-refractivity contribution in [1.82, 2.24) is 15.2 Å². The van der Waals surface area contributed by atoms with Crippen molar-refractivity contribution in [2.75, 3.05) is 23.8 Å². The van der Waals surface area contributed by atoms with Gasteiger partial charge in [-0.15, -0.1) is 23.1 Å². The Kier molecular flexibility index (Phi) is 12.3. The predicted molar refractivity (Wildman–Crippen MR) is 210 cm³/mol. The van der Waals surface area contributed by atoms with E-state index in [9.17, 15) is 24.0 Å². The summed E-state index contributed by atoms with van der Waals surface area (Å²) in [7, 11) is 0. The SMILES string of the molecule is CCOC(=O)c1c(NC(=O)C(Sc2cccc(NC(=O)/C(=C/c3cccnc3)NC(=O)c3ccccc3)c2)c2ccccc2)sc2c1CCN(C(C)=O)C2. The Labute approximate surface area is 320 Å². The van der Waals surface area contributed by atoms with Gasteiger partial charge in [-0.05, 0) is 72.5 Å². The number of rotatable bonds is 12. The van der Waals surface area contributed by atoms with E-state index >= 15 is 0 Å². The topological polar surface area (TPSA) is 147 Å². The zero-order valence-electron chi connectivity index (χ0n) is 29.5. The lowest BCUT2D eigenvalue weighted by atomic mass is 10.0. The maximum Gasteiger partial charge on any atom is 0.341 e. The monoisotopic (exact) mass is 759 g/mol. The maximum absolute atomic E-state index is 14.2. The fourth-order valence-corrected chi connectivity index (χ4v) is 8.15. The Balaban J connectivity index is 1.25. The van der Waals surface area contributed by atoms with Crippen LogP contribution in [0.4, 0.5) is 10.7 Å². The zero-order valence-corrected chi connectivity index (χ0v) is 31.2. The van der Waals surface area contributed by atoms with Crippen LogP contribution in [0.2, 0.25) is 0 Å². The Hall–Kier alpha value is -6.05. The van der Waals surface area contributed by atoms with Crippen LogP contribution in [0.5, 0.6) is 0 Å². The minimum absolute atomic E-state index is 0.0129. The number of ether oxygens (including phenoxy) is 1. The first kappa shape index (κ1) is 37.7. The van der Waals surface area contributed by atoms with Crippen LogP contribution in [0.3, 0.4) is 0 Å². The molecular formula is C41H37N5O6S2. The Morgan fingerprint density at radius 3 is 2.41 bits per heavy atom. The van der Waals surface area contributed by atoms with Crippen molar-refractivity contribution in [3.63, 3.8) is 0 Å². The Morgan fingerprint density at radius 1 is 0.944 bits per heavy atom. The number of anilines is 2. The molecule has 11 nitrogen and oxygen atoms in total. The molecule has 13 heteroatoms. The van der Waals surface area contributed by atoms with Crippen molar-refractivity contribution >= 4 is 69.5 Å². The lowest BCUT2D eigenvalue weighted by molar-refractivity contribution is -0.129. The van der Waals surface area contributed by atoms with E-state index in [4.69, 9.17) is 4.74 Å². The van der Waals surface area contributed by atoms with Crippen molar-refractivity contribution in [2.24, 2.45) is 0 Å². The molecule has 1 unspecified atom stereocenters. The molecule has 0 radical (unpaired) electrons. The fourth-order valence-electron chi connectivity index (χ4n) is 5.81. The van der Waals surface area contributed by atoms with E-state index in [1.54, 1.807) is 91.0 Å². The zero-order chi connectivity index (χ0) is 38.0. The van der Waals surface area contributed by atoms with Gasteiger partial charge in [0.2, 0.25) is 11.8 Å². The molecule has 4 amide bonds. The minimum atomic E-state index is -0.758. The van der Waals surface area contributed by atoms with Gasteiger partial charge in [0, 0.05) is 46.9 Å². The molecule has 1 atom stereocenters. The highest BCUT2D eigenvalue weighted by atomic mass is 32.2. The number of thiophene rings is 1. The molecule has 1 aliphatic rings. The number of hydrogen-bond donors (Lipinski definition) is 3. The number of benzene rings is 3. The number of amides is 4.